The zero-order valence-corrected chi connectivity index (χ0v) is 12.2. The number of rotatable bonds is 4. The fourth-order valence-electron chi connectivity index (χ4n) is 2.01. The van der Waals surface area contributed by atoms with Crippen LogP contribution in [0, 0.1) is 5.82 Å². The molecule has 3 heteroatoms. The van der Waals surface area contributed by atoms with Gasteiger partial charge in [0, 0.05) is 11.4 Å². The number of benzene rings is 2. The highest BCUT2D eigenvalue weighted by Crippen LogP contribution is 2.19. The molecule has 0 aromatic heterocycles. The third-order valence-electron chi connectivity index (χ3n) is 3.24. The van der Waals surface area contributed by atoms with Gasteiger partial charge in [0.15, 0.2) is 5.78 Å². The summed E-state index contributed by atoms with van der Waals surface area (Å²) in [7, 11) is 0. The molecular weight excluding hydrogens is 275 g/mol. The van der Waals surface area contributed by atoms with Gasteiger partial charge in [-0.3, -0.25) is 4.79 Å². The molecule has 0 aliphatic heterocycles. The van der Waals surface area contributed by atoms with Crippen molar-refractivity contribution < 1.29 is 9.18 Å². The summed E-state index contributed by atoms with van der Waals surface area (Å²) in [5.41, 5.74) is 2.14. The van der Waals surface area contributed by atoms with Gasteiger partial charge in [0.25, 0.3) is 0 Å². The second-order valence-electron chi connectivity index (χ2n) is 5.12. The second-order valence-corrected chi connectivity index (χ2v) is 5.56. The van der Waals surface area contributed by atoms with Crippen LogP contribution in [0.25, 0.3) is 0 Å². The molecule has 0 unspecified atom stereocenters. The highest BCUT2D eigenvalue weighted by molar-refractivity contribution is 6.31. The fourth-order valence-corrected chi connectivity index (χ4v) is 2.18. The van der Waals surface area contributed by atoms with Gasteiger partial charge in [-0.1, -0.05) is 49.7 Å². The SMILES string of the molecule is CC(C)c1ccc(CC(=O)c2cc(Cl)ccc2F)cc1. The lowest BCUT2D eigenvalue weighted by molar-refractivity contribution is 0.0989. The minimum absolute atomic E-state index is 0.0467. The summed E-state index contributed by atoms with van der Waals surface area (Å²) in [6, 6.07) is 11.9. The van der Waals surface area contributed by atoms with E-state index < -0.39 is 5.82 Å². The number of hydrogen-bond acceptors (Lipinski definition) is 1. The molecule has 0 saturated carbocycles. The molecule has 0 amide bonds. The molecule has 2 rings (SSSR count). The van der Waals surface area contributed by atoms with Gasteiger partial charge in [-0.2, -0.15) is 0 Å². The topological polar surface area (TPSA) is 17.1 Å². The molecule has 0 aliphatic rings. The Balaban J connectivity index is 2.17. The van der Waals surface area contributed by atoms with Crippen LogP contribution in [-0.2, 0) is 6.42 Å². The lowest BCUT2D eigenvalue weighted by atomic mass is 9.98. The van der Waals surface area contributed by atoms with Gasteiger partial charge in [0.2, 0.25) is 0 Å². The number of ketones is 1. The van der Waals surface area contributed by atoms with Gasteiger partial charge in [0.1, 0.15) is 5.82 Å². The summed E-state index contributed by atoms with van der Waals surface area (Å²) in [4.78, 5) is 12.1. The maximum Gasteiger partial charge on any atom is 0.170 e. The molecule has 0 spiro atoms. The van der Waals surface area contributed by atoms with E-state index in [1.807, 2.05) is 24.3 Å². The van der Waals surface area contributed by atoms with Crippen LogP contribution in [-0.4, -0.2) is 5.78 Å². The van der Waals surface area contributed by atoms with Crippen LogP contribution < -0.4 is 0 Å². The van der Waals surface area contributed by atoms with E-state index in [1.165, 1.54) is 23.8 Å². The van der Waals surface area contributed by atoms with E-state index in [-0.39, 0.29) is 17.8 Å². The van der Waals surface area contributed by atoms with Crippen molar-refractivity contribution in [2.45, 2.75) is 26.2 Å². The fraction of sp³-hybridized carbons (Fsp3) is 0.235. The Morgan fingerprint density at radius 1 is 1.15 bits per heavy atom. The molecule has 0 radical (unpaired) electrons. The Hall–Kier alpha value is -1.67. The Morgan fingerprint density at radius 2 is 1.80 bits per heavy atom. The number of carbonyl (C=O) groups is 1. The van der Waals surface area contributed by atoms with Crippen molar-refractivity contribution in [3.05, 3.63) is 70.0 Å². The Kier molecular flexibility index (Phi) is 4.56. The van der Waals surface area contributed by atoms with Crippen LogP contribution in [0.3, 0.4) is 0 Å². The van der Waals surface area contributed by atoms with Crippen LogP contribution in [0.1, 0.15) is 41.3 Å². The largest absolute Gasteiger partial charge is 0.294 e. The molecule has 0 N–H and O–H groups in total. The third-order valence-corrected chi connectivity index (χ3v) is 3.47. The lowest BCUT2D eigenvalue weighted by Crippen LogP contribution is -2.06. The molecular formula is C17H16ClFO. The molecule has 2 aromatic carbocycles. The summed E-state index contributed by atoms with van der Waals surface area (Å²) in [5.74, 6) is -0.342. The molecule has 0 heterocycles. The van der Waals surface area contributed by atoms with E-state index in [0.29, 0.717) is 10.9 Å². The summed E-state index contributed by atoms with van der Waals surface area (Å²) < 4.78 is 13.6. The predicted molar refractivity (Wildman–Crippen MR) is 80.0 cm³/mol. The first-order valence-corrected chi connectivity index (χ1v) is 6.92. The normalized spacial score (nSPS) is 10.8. The molecule has 0 aliphatic carbocycles. The molecule has 1 nitrogen and oxygen atoms in total. The Morgan fingerprint density at radius 3 is 2.40 bits per heavy atom. The quantitative estimate of drug-likeness (QED) is 0.722. The van der Waals surface area contributed by atoms with Crippen molar-refractivity contribution >= 4 is 17.4 Å². The lowest BCUT2D eigenvalue weighted by Gasteiger charge is -2.07. The summed E-state index contributed by atoms with van der Waals surface area (Å²) in [5, 5.41) is 0.366. The van der Waals surface area contributed by atoms with Crippen LogP contribution in [0.4, 0.5) is 4.39 Å². The van der Waals surface area contributed by atoms with Gasteiger partial charge >= 0.3 is 0 Å². The summed E-state index contributed by atoms with van der Waals surface area (Å²) in [6.45, 7) is 4.23. The smallest absolute Gasteiger partial charge is 0.170 e. The predicted octanol–water partition coefficient (Wildman–Crippen LogP) is 5.03. The highest BCUT2D eigenvalue weighted by atomic mass is 35.5. The number of Topliss-reactive ketones (excluding diaryl/α,β-unsaturated/α-hetero) is 1. The van der Waals surface area contributed by atoms with Crippen molar-refractivity contribution in [1.29, 1.82) is 0 Å². The van der Waals surface area contributed by atoms with Crippen molar-refractivity contribution in [1.82, 2.24) is 0 Å². The van der Waals surface area contributed by atoms with Gasteiger partial charge in [-0.25, -0.2) is 4.39 Å². The van der Waals surface area contributed by atoms with E-state index >= 15 is 0 Å². The van der Waals surface area contributed by atoms with E-state index in [4.69, 9.17) is 11.6 Å². The molecule has 0 saturated heterocycles. The first-order chi connectivity index (χ1) is 9.47. The zero-order chi connectivity index (χ0) is 14.7. The van der Waals surface area contributed by atoms with Gasteiger partial charge < -0.3 is 0 Å². The van der Waals surface area contributed by atoms with Crippen LogP contribution in [0.2, 0.25) is 5.02 Å². The number of carbonyl (C=O) groups excluding carboxylic acids is 1. The van der Waals surface area contributed by atoms with E-state index in [2.05, 4.69) is 13.8 Å². The van der Waals surface area contributed by atoms with Crippen molar-refractivity contribution in [2.75, 3.05) is 0 Å². The monoisotopic (exact) mass is 290 g/mol. The first kappa shape index (κ1) is 14.7. The third kappa shape index (κ3) is 3.45. The molecule has 104 valence electrons. The maximum absolute atomic E-state index is 13.6. The van der Waals surface area contributed by atoms with Crippen molar-refractivity contribution in [3.8, 4) is 0 Å². The van der Waals surface area contributed by atoms with Crippen LogP contribution >= 0.6 is 11.6 Å². The maximum atomic E-state index is 13.6. The summed E-state index contributed by atoms with van der Waals surface area (Å²) in [6.07, 6.45) is 0.176. The molecule has 20 heavy (non-hydrogen) atoms. The molecule has 0 bridgehead atoms. The Labute approximate surface area is 123 Å². The van der Waals surface area contributed by atoms with Crippen molar-refractivity contribution in [3.63, 3.8) is 0 Å². The van der Waals surface area contributed by atoms with E-state index in [0.717, 1.165) is 5.56 Å². The van der Waals surface area contributed by atoms with Gasteiger partial charge in [-0.05, 0) is 35.2 Å². The molecule has 0 fully saturated rings. The molecule has 0 atom stereocenters. The first-order valence-electron chi connectivity index (χ1n) is 6.54. The number of hydrogen-bond donors (Lipinski definition) is 0. The highest BCUT2D eigenvalue weighted by Gasteiger charge is 2.13. The van der Waals surface area contributed by atoms with E-state index in [1.54, 1.807) is 0 Å². The molecule has 2 aromatic rings. The minimum atomic E-state index is -0.529. The zero-order valence-electron chi connectivity index (χ0n) is 11.5. The standard InChI is InChI=1S/C17H16ClFO/c1-11(2)13-5-3-12(4-6-13)9-17(20)15-10-14(18)7-8-16(15)19/h3-8,10-11H,9H2,1-2H3. The average Bonchev–Trinajstić information content (AvgIpc) is 2.42. The minimum Gasteiger partial charge on any atom is -0.294 e. The number of halogens is 2. The van der Waals surface area contributed by atoms with E-state index in [9.17, 15) is 9.18 Å². The second kappa shape index (κ2) is 6.19. The van der Waals surface area contributed by atoms with Crippen LogP contribution in [0.15, 0.2) is 42.5 Å². The van der Waals surface area contributed by atoms with Gasteiger partial charge in [-0.15, -0.1) is 0 Å². The van der Waals surface area contributed by atoms with Crippen molar-refractivity contribution in [2.24, 2.45) is 0 Å². The van der Waals surface area contributed by atoms with Gasteiger partial charge in [0.05, 0.1) is 5.56 Å². The summed E-state index contributed by atoms with van der Waals surface area (Å²) >= 11 is 5.80. The Bertz CT molecular complexity index is 617. The average molecular weight is 291 g/mol. The van der Waals surface area contributed by atoms with Crippen LogP contribution in [0.5, 0.6) is 0 Å².